The Balaban J connectivity index is 2.73. The first-order chi connectivity index (χ1) is 7.44. The van der Waals surface area contributed by atoms with Gasteiger partial charge in [0, 0.05) is 19.0 Å². The van der Waals surface area contributed by atoms with Gasteiger partial charge in [-0.25, -0.2) is 13.4 Å². The Labute approximate surface area is 99.0 Å². The number of hydrogen-bond acceptors (Lipinski definition) is 5. The molecule has 0 atom stereocenters. The Morgan fingerprint density at radius 3 is 2.88 bits per heavy atom. The van der Waals surface area contributed by atoms with Crippen LogP contribution in [-0.2, 0) is 9.84 Å². The van der Waals surface area contributed by atoms with E-state index in [1.54, 1.807) is 0 Å². The molecule has 86 valence electrons. The van der Waals surface area contributed by atoms with Gasteiger partial charge in [-0.3, -0.25) is 0 Å². The van der Waals surface area contributed by atoms with Crippen molar-refractivity contribution in [2.75, 3.05) is 23.9 Å². The van der Waals surface area contributed by atoms with Gasteiger partial charge in [-0.1, -0.05) is 11.6 Å². The highest BCUT2D eigenvalue weighted by Gasteiger charge is 2.07. The van der Waals surface area contributed by atoms with E-state index < -0.39 is 9.84 Å². The molecular weight excluding hydrogens is 250 g/mol. The molecule has 5 nitrogen and oxygen atoms in total. The molecule has 0 bridgehead atoms. The van der Waals surface area contributed by atoms with E-state index in [4.69, 9.17) is 16.9 Å². The number of nitrogens with zero attached hydrogens (tertiary/aromatic N) is 2. The maximum absolute atomic E-state index is 10.9. The molecule has 0 aliphatic rings. The van der Waals surface area contributed by atoms with E-state index in [1.807, 2.05) is 6.07 Å². The first-order valence-corrected chi connectivity index (χ1v) is 6.84. The van der Waals surface area contributed by atoms with Crippen LogP contribution in [0.2, 0.25) is 5.02 Å². The van der Waals surface area contributed by atoms with Crippen molar-refractivity contribution in [3.8, 4) is 6.07 Å². The molecule has 7 heteroatoms. The molecule has 0 radical (unpaired) electrons. The number of anilines is 1. The zero-order valence-corrected chi connectivity index (χ0v) is 10.1. The van der Waals surface area contributed by atoms with Crippen LogP contribution in [0.1, 0.15) is 5.56 Å². The van der Waals surface area contributed by atoms with E-state index in [-0.39, 0.29) is 17.3 Å². The smallest absolute Gasteiger partial charge is 0.149 e. The summed E-state index contributed by atoms with van der Waals surface area (Å²) in [4.78, 5) is 3.92. The second-order valence-corrected chi connectivity index (χ2v) is 5.83. The van der Waals surface area contributed by atoms with Gasteiger partial charge in [-0.05, 0) is 6.07 Å². The molecule has 0 fully saturated rings. The van der Waals surface area contributed by atoms with Crippen LogP contribution in [0.4, 0.5) is 5.82 Å². The van der Waals surface area contributed by atoms with Gasteiger partial charge in [0.2, 0.25) is 0 Å². The topological polar surface area (TPSA) is 82.8 Å². The minimum atomic E-state index is -3.02. The second kappa shape index (κ2) is 5.14. The van der Waals surface area contributed by atoms with Crippen LogP contribution in [0.15, 0.2) is 12.3 Å². The van der Waals surface area contributed by atoms with Crippen molar-refractivity contribution < 1.29 is 8.42 Å². The van der Waals surface area contributed by atoms with Gasteiger partial charge in [0.15, 0.2) is 0 Å². The van der Waals surface area contributed by atoms with Crippen molar-refractivity contribution in [3.05, 3.63) is 22.8 Å². The van der Waals surface area contributed by atoms with E-state index >= 15 is 0 Å². The fraction of sp³-hybridized carbons (Fsp3) is 0.333. The summed E-state index contributed by atoms with van der Waals surface area (Å²) in [5.74, 6) is 0.311. The molecule has 1 aromatic rings. The lowest BCUT2D eigenvalue weighted by Gasteiger charge is -2.06. The number of rotatable bonds is 4. The molecule has 1 heterocycles. The van der Waals surface area contributed by atoms with Gasteiger partial charge in [-0.2, -0.15) is 5.26 Å². The summed E-state index contributed by atoms with van der Waals surface area (Å²) in [6, 6.07) is 3.40. The molecule has 0 unspecified atom stereocenters. The Bertz CT molecular complexity index is 522. The predicted molar refractivity (Wildman–Crippen MR) is 62.2 cm³/mol. The number of hydrogen-bond donors (Lipinski definition) is 1. The first-order valence-electron chi connectivity index (χ1n) is 4.40. The number of aromatic nitrogens is 1. The minimum Gasteiger partial charge on any atom is -0.368 e. The van der Waals surface area contributed by atoms with E-state index in [0.29, 0.717) is 11.4 Å². The molecule has 0 aromatic carbocycles. The summed E-state index contributed by atoms with van der Waals surface area (Å²) in [5.41, 5.74) is 0.304. The molecule has 0 spiro atoms. The molecule has 1 aromatic heterocycles. The summed E-state index contributed by atoms with van der Waals surface area (Å²) in [6.07, 6.45) is 2.59. The largest absolute Gasteiger partial charge is 0.368 e. The average Bonchev–Trinajstić information content (AvgIpc) is 2.19. The fourth-order valence-corrected chi connectivity index (χ4v) is 1.70. The SMILES string of the molecule is CS(=O)(=O)CCNc1nccc(C#N)c1Cl. The lowest BCUT2D eigenvalue weighted by molar-refractivity contribution is 0.602. The van der Waals surface area contributed by atoms with Crippen LogP contribution in [0.25, 0.3) is 0 Å². The van der Waals surface area contributed by atoms with Crippen LogP contribution in [0.5, 0.6) is 0 Å². The van der Waals surface area contributed by atoms with Gasteiger partial charge in [0.25, 0.3) is 0 Å². The lowest BCUT2D eigenvalue weighted by atomic mass is 10.3. The Hall–Kier alpha value is -1.32. The highest BCUT2D eigenvalue weighted by atomic mass is 35.5. The average molecular weight is 260 g/mol. The number of sulfone groups is 1. The van der Waals surface area contributed by atoms with E-state index in [1.165, 1.54) is 12.3 Å². The summed E-state index contributed by atoms with van der Waals surface area (Å²) >= 11 is 5.86. The Morgan fingerprint density at radius 2 is 2.31 bits per heavy atom. The third-order valence-electron chi connectivity index (χ3n) is 1.77. The van der Waals surface area contributed by atoms with Gasteiger partial charge >= 0.3 is 0 Å². The monoisotopic (exact) mass is 259 g/mol. The van der Waals surface area contributed by atoms with Gasteiger partial charge < -0.3 is 5.32 Å². The highest BCUT2D eigenvalue weighted by Crippen LogP contribution is 2.22. The molecule has 16 heavy (non-hydrogen) atoms. The van der Waals surface area contributed by atoms with Gasteiger partial charge in [-0.15, -0.1) is 0 Å². The van der Waals surface area contributed by atoms with Gasteiger partial charge in [0.1, 0.15) is 26.7 Å². The lowest BCUT2D eigenvalue weighted by Crippen LogP contribution is -2.15. The summed E-state index contributed by atoms with van der Waals surface area (Å²) < 4.78 is 21.8. The zero-order chi connectivity index (χ0) is 12.2. The van der Waals surface area contributed by atoms with Crippen molar-refractivity contribution in [2.24, 2.45) is 0 Å². The quantitative estimate of drug-likeness (QED) is 0.874. The maximum atomic E-state index is 10.9. The number of halogens is 1. The number of pyridine rings is 1. The van der Waals surface area contributed by atoms with E-state index in [0.717, 1.165) is 6.26 Å². The summed E-state index contributed by atoms with van der Waals surface area (Å²) in [5, 5.41) is 11.7. The highest BCUT2D eigenvalue weighted by molar-refractivity contribution is 7.90. The summed E-state index contributed by atoms with van der Waals surface area (Å²) in [6.45, 7) is 0.209. The van der Waals surface area contributed by atoms with E-state index in [9.17, 15) is 8.42 Å². The number of nitrogens with one attached hydrogen (secondary N) is 1. The Kier molecular flexibility index (Phi) is 4.10. The minimum absolute atomic E-state index is 0.0121. The summed E-state index contributed by atoms with van der Waals surface area (Å²) in [7, 11) is -3.02. The van der Waals surface area contributed by atoms with Crippen LogP contribution in [-0.4, -0.2) is 32.0 Å². The molecule has 0 saturated heterocycles. The fourth-order valence-electron chi connectivity index (χ4n) is 1.01. The Morgan fingerprint density at radius 1 is 1.62 bits per heavy atom. The zero-order valence-electron chi connectivity index (χ0n) is 8.57. The molecule has 0 amide bonds. The molecule has 0 aliphatic carbocycles. The standard InChI is InChI=1S/C9H10ClN3O2S/c1-16(14,15)5-4-13-9-8(10)7(6-11)2-3-12-9/h2-3H,4-5H2,1H3,(H,12,13). The molecule has 0 saturated carbocycles. The number of nitriles is 1. The van der Waals surface area contributed by atoms with Crippen LogP contribution < -0.4 is 5.32 Å². The van der Waals surface area contributed by atoms with Crippen molar-refractivity contribution >= 4 is 27.3 Å². The van der Waals surface area contributed by atoms with Crippen LogP contribution in [0.3, 0.4) is 0 Å². The first kappa shape index (κ1) is 12.7. The van der Waals surface area contributed by atoms with Gasteiger partial charge in [0.05, 0.1) is 11.3 Å². The van der Waals surface area contributed by atoms with Crippen molar-refractivity contribution in [1.29, 1.82) is 5.26 Å². The third kappa shape index (κ3) is 3.68. The van der Waals surface area contributed by atoms with Crippen LogP contribution in [0, 0.1) is 11.3 Å². The van der Waals surface area contributed by atoms with E-state index in [2.05, 4.69) is 10.3 Å². The predicted octanol–water partition coefficient (Wildman–Crippen LogP) is 1.06. The molecule has 0 aliphatic heterocycles. The second-order valence-electron chi connectivity index (χ2n) is 3.19. The van der Waals surface area contributed by atoms with Crippen molar-refractivity contribution in [1.82, 2.24) is 4.98 Å². The maximum Gasteiger partial charge on any atom is 0.149 e. The molecule has 1 N–H and O–H groups in total. The van der Waals surface area contributed by atoms with Crippen molar-refractivity contribution in [3.63, 3.8) is 0 Å². The van der Waals surface area contributed by atoms with Crippen LogP contribution >= 0.6 is 11.6 Å². The normalized spacial score (nSPS) is 10.8. The molecular formula is C9H10ClN3O2S. The molecule has 1 rings (SSSR count). The third-order valence-corrected chi connectivity index (χ3v) is 3.10. The van der Waals surface area contributed by atoms with Crippen molar-refractivity contribution in [2.45, 2.75) is 0 Å².